The molecule has 1 amide bonds. The molecule has 33 heavy (non-hydrogen) atoms. The predicted molar refractivity (Wildman–Crippen MR) is 126 cm³/mol. The van der Waals surface area contributed by atoms with Crippen molar-refractivity contribution in [2.45, 2.75) is 26.0 Å². The number of hydrogen-bond acceptors (Lipinski definition) is 7. The summed E-state index contributed by atoms with van der Waals surface area (Å²) >= 11 is 3.41. The summed E-state index contributed by atoms with van der Waals surface area (Å²) in [6.07, 6.45) is 0.393. The highest BCUT2D eigenvalue weighted by Gasteiger charge is 2.34. The Kier molecular flexibility index (Phi) is 8.36. The maximum Gasteiger partial charge on any atom is 0.338 e. The van der Waals surface area contributed by atoms with E-state index in [1.807, 2.05) is 30.3 Å². The summed E-state index contributed by atoms with van der Waals surface area (Å²) in [5.74, 6) is -0.351. The van der Waals surface area contributed by atoms with E-state index in [4.69, 9.17) is 14.2 Å². The lowest BCUT2D eigenvalue weighted by molar-refractivity contribution is -0.136. The molecule has 0 radical (unpaired) electrons. The van der Waals surface area contributed by atoms with E-state index in [-0.39, 0.29) is 23.1 Å². The maximum absolute atomic E-state index is 12.6. The van der Waals surface area contributed by atoms with E-state index < -0.39 is 28.3 Å². The van der Waals surface area contributed by atoms with Crippen molar-refractivity contribution in [2.24, 2.45) is 0 Å². The normalized spacial score (nSPS) is 16.8. The highest BCUT2D eigenvalue weighted by molar-refractivity contribution is 9.10. The zero-order chi connectivity index (χ0) is 24.0. The summed E-state index contributed by atoms with van der Waals surface area (Å²) in [6, 6.07) is 12.2. The van der Waals surface area contributed by atoms with E-state index in [1.54, 1.807) is 6.92 Å². The minimum absolute atomic E-state index is 0.0604. The van der Waals surface area contributed by atoms with E-state index in [1.165, 1.54) is 24.1 Å². The molecule has 1 fully saturated rings. The minimum atomic E-state index is -3.13. The molecular weight excluding hydrogens is 514 g/mol. The van der Waals surface area contributed by atoms with Gasteiger partial charge in [-0.1, -0.05) is 30.3 Å². The second-order valence-corrected chi connectivity index (χ2v) is 10.7. The number of nitrogens with zero attached hydrogens (tertiary/aromatic N) is 1. The Hall–Kier alpha value is -2.59. The van der Waals surface area contributed by atoms with Gasteiger partial charge in [-0.25, -0.2) is 13.2 Å². The molecule has 10 heteroatoms. The number of carbonyl (C=O) groups is 2. The third kappa shape index (κ3) is 6.48. The lowest BCUT2D eigenvalue weighted by Crippen LogP contribution is -2.43. The fourth-order valence-corrected chi connectivity index (χ4v) is 5.95. The van der Waals surface area contributed by atoms with Crippen LogP contribution in [0.3, 0.4) is 0 Å². The van der Waals surface area contributed by atoms with Crippen LogP contribution in [0.25, 0.3) is 0 Å². The molecule has 0 bridgehead atoms. The molecule has 0 saturated carbocycles. The average molecular weight is 540 g/mol. The van der Waals surface area contributed by atoms with Crippen LogP contribution in [0.1, 0.15) is 29.3 Å². The minimum Gasteiger partial charge on any atom is -0.493 e. The lowest BCUT2D eigenvalue weighted by atomic mass is 10.2. The van der Waals surface area contributed by atoms with Gasteiger partial charge in [-0.05, 0) is 47.0 Å². The first-order valence-corrected chi connectivity index (χ1v) is 13.1. The van der Waals surface area contributed by atoms with Crippen molar-refractivity contribution in [2.75, 3.05) is 31.8 Å². The van der Waals surface area contributed by atoms with Crippen LogP contribution in [0, 0.1) is 0 Å². The molecule has 0 aliphatic carbocycles. The number of esters is 1. The number of hydrogen-bond donors (Lipinski definition) is 0. The van der Waals surface area contributed by atoms with Crippen molar-refractivity contribution in [3.8, 4) is 11.5 Å². The molecule has 178 valence electrons. The van der Waals surface area contributed by atoms with Crippen molar-refractivity contribution >= 4 is 37.6 Å². The third-order valence-corrected chi connectivity index (χ3v) is 7.67. The number of rotatable bonds is 9. The van der Waals surface area contributed by atoms with Crippen LogP contribution in [0.15, 0.2) is 46.9 Å². The molecule has 8 nitrogen and oxygen atoms in total. The molecule has 1 heterocycles. The monoisotopic (exact) mass is 539 g/mol. The number of benzene rings is 2. The Labute approximate surface area is 201 Å². The van der Waals surface area contributed by atoms with Crippen LogP contribution in [0.4, 0.5) is 0 Å². The largest absolute Gasteiger partial charge is 0.493 e. The van der Waals surface area contributed by atoms with Crippen molar-refractivity contribution in [1.29, 1.82) is 0 Å². The van der Waals surface area contributed by atoms with Gasteiger partial charge < -0.3 is 19.1 Å². The molecule has 1 aliphatic rings. The summed E-state index contributed by atoms with van der Waals surface area (Å²) in [6.45, 7) is 1.94. The number of likely N-dealkylation sites (N-methyl/N-ethyl adjacent to an activating group) is 1. The van der Waals surface area contributed by atoms with E-state index in [0.717, 1.165) is 5.56 Å². The van der Waals surface area contributed by atoms with Gasteiger partial charge in [-0.15, -0.1) is 0 Å². The van der Waals surface area contributed by atoms with Crippen LogP contribution in [0.5, 0.6) is 11.5 Å². The van der Waals surface area contributed by atoms with Crippen LogP contribution < -0.4 is 9.47 Å². The zero-order valence-electron chi connectivity index (χ0n) is 18.5. The maximum atomic E-state index is 12.6. The van der Waals surface area contributed by atoms with Crippen LogP contribution in [-0.4, -0.2) is 63.0 Å². The van der Waals surface area contributed by atoms with Crippen molar-refractivity contribution < 1.29 is 32.2 Å². The first-order chi connectivity index (χ1) is 15.7. The predicted octanol–water partition coefficient (Wildman–Crippen LogP) is 3.23. The number of ether oxygens (including phenoxy) is 3. The topological polar surface area (TPSA) is 99.2 Å². The first-order valence-electron chi connectivity index (χ1n) is 10.5. The third-order valence-electron chi connectivity index (χ3n) is 5.33. The van der Waals surface area contributed by atoms with E-state index in [2.05, 4.69) is 15.9 Å². The average Bonchev–Trinajstić information content (AvgIpc) is 3.16. The summed E-state index contributed by atoms with van der Waals surface area (Å²) in [5.41, 5.74) is 1.16. The zero-order valence-corrected chi connectivity index (χ0v) is 20.9. The fourth-order valence-electron chi connectivity index (χ4n) is 3.66. The molecule has 2 aromatic rings. The quantitative estimate of drug-likeness (QED) is 0.451. The van der Waals surface area contributed by atoms with Gasteiger partial charge in [0.1, 0.15) is 6.61 Å². The van der Waals surface area contributed by atoms with Gasteiger partial charge in [0.25, 0.3) is 5.91 Å². The highest BCUT2D eigenvalue weighted by atomic mass is 79.9. The van der Waals surface area contributed by atoms with Gasteiger partial charge in [0, 0.05) is 12.6 Å². The van der Waals surface area contributed by atoms with Crippen molar-refractivity contribution in [3.63, 3.8) is 0 Å². The highest BCUT2D eigenvalue weighted by Crippen LogP contribution is 2.37. The van der Waals surface area contributed by atoms with Gasteiger partial charge in [0.2, 0.25) is 0 Å². The molecule has 1 aliphatic heterocycles. The number of carbonyl (C=O) groups excluding carboxylic acids is 2. The molecule has 2 aromatic carbocycles. The van der Waals surface area contributed by atoms with Crippen molar-refractivity contribution in [3.05, 3.63) is 58.1 Å². The molecule has 0 unspecified atom stereocenters. The fraction of sp³-hybridized carbons (Fsp3) is 0.391. The number of amides is 1. The summed E-state index contributed by atoms with van der Waals surface area (Å²) < 4.78 is 40.4. The molecule has 0 aromatic heterocycles. The number of methoxy groups -OCH3 is 1. The van der Waals surface area contributed by atoms with Crippen LogP contribution >= 0.6 is 15.9 Å². The molecule has 0 N–H and O–H groups in total. The van der Waals surface area contributed by atoms with Gasteiger partial charge in [0.05, 0.1) is 28.7 Å². The Morgan fingerprint density at radius 3 is 2.52 bits per heavy atom. The summed E-state index contributed by atoms with van der Waals surface area (Å²) in [4.78, 5) is 26.6. The van der Waals surface area contributed by atoms with Crippen molar-refractivity contribution in [1.82, 2.24) is 4.90 Å². The van der Waals surface area contributed by atoms with Gasteiger partial charge in [0.15, 0.2) is 27.9 Å². The first kappa shape index (κ1) is 25.0. The van der Waals surface area contributed by atoms with Gasteiger partial charge in [-0.3, -0.25) is 4.79 Å². The smallest absolute Gasteiger partial charge is 0.338 e. The Morgan fingerprint density at radius 1 is 1.18 bits per heavy atom. The van der Waals surface area contributed by atoms with Crippen LogP contribution in [-0.2, 0) is 26.0 Å². The second-order valence-electron chi connectivity index (χ2n) is 7.58. The number of sulfone groups is 1. The summed E-state index contributed by atoms with van der Waals surface area (Å²) in [7, 11) is -1.67. The Bertz CT molecular complexity index is 1110. The van der Waals surface area contributed by atoms with E-state index in [9.17, 15) is 18.0 Å². The summed E-state index contributed by atoms with van der Waals surface area (Å²) in [5, 5.41) is 0. The van der Waals surface area contributed by atoms with Crippen LogP contribution in [0.2, 0.25) is 0 Å². The second kappa shape index (κ2) is 11.0. The SMILES string of the molecule is CCN(C(=O)COC(=O)c1cc(Br)c(OCc2ccccc2)c(OC)c1)[C@H]1CCS(=O)(=O)C1. The molecule has 3 rings (SSSR count). The molecule has 0 spiro atoms. The Morgan fingerprint density at radius 2 is 1.91 bits per heavy atom. The standard InChI is InChI=1S/C23H26BrNO7S/c1-3-25(18-9-10-33(28,29)15-18)21(26)14-32-23(27)17-11-19(24)22(20(12-17)30-2)31-13-16-7-5-4-6-8-16/h4-8,11-12,18H,3,9-10,13-15H2,1-2H3/t18-/m0/s1. The van der Waals surface area contributed by atoms with Gasteiger partial charge >= 0.3 is 5.97 Å². The van der Waals surface area contributed by atoms with E-state index in [0.29, 0.717) is 35.5 Å². The molecular formula is C23H26BrNO7S. The van der Waals surface area contributed by atoms with E-state index >= 15 is 0 Å². The number of halogens is 1. The Balaban J connectivity index is 1.64. The lowest BCUT2D eigenvalue weighted by Gasteiger charge is -2.26. The molecule has 1 saturated heterocycles. The molecule has 1 atom stereocenters. The van der Waals surface area contributed by atoms with Gasteiger partial charge in [-0.2, -0.15) is 0 Å².